The molecular weight excluding hydrogens is 210 g/mol. The number of hydrogen-bond acceptors (Lipinski definition) is 3. The number of aromatic nitrogens is 1. The maximum atomic E-state index is 5.88. The molecule has 0 amide bonds. The average Bonchev–Trinajstić information content (AvgIpc) is 2.33. The fourth-order valence-corrected chi connectivity index (χ4v) is 1.78. The van der Waals surface area contributed by atoms with Gasteiger partial charge in [0.25, 0.3) is 0 Å². The molecule has 1 aromatic heterocycles. The monoisotopic (exact) mass is 227 g/mol. The SMILES string of the molecule is Cc1ccc(CCc2ccnc(N)c2N)cc1. The zero-order valence-electron chi connectivity index (χ0n) is 9.98. The summed E-state index contributed by atoms with van der Waals surface area (Å²) in [5.74, 6) is 0.423. The number of aryl methyl sites for hydroxylation is 3. The number of nitrogens with zero attached hydrogens (tertiary/aromatic N) is 1. The van der Waals surface area contributed by atoms with Crippen LogP contribution in [0, 0.1) is 6.92 Å². The second-order valence-electron chi connectivity index (χ2n) is 4.25. The third-order valence-electron chi connectivity index (χ3n) is 2.91. The van der Waals surface area contributed by atoms with Gasteiger partial charge in [-0.05, 0) is 37.0 Å². The summed E-state index contributed by atoms with van der Waals surface area (Å²) in [4.78, 5) is 3.96. The minimum atomic E-state index is 0.423. The van der Waals surface area contributed by atoms with Crippen LogP contribution in [-0.2, 0) is 12.8 Å². The van der Waals surface area contributed by atoms with Crippen molar-refractivity contribution >= 4 is 11.5 Å². The number of nitrogens with two attached hydrogens (primary N) is 2. The van der Waals surface area contributed by atoms with E-state index >= 15 is 0 Å². The van der Waals surface area contributed by atoms with Gasteiger partial charge in [0.15, 0.2) is 0 Å². The smallest absolute Gasteiger partial charge is 0.146 e. The third kappa shape index (κ3) is 2.75. The first kappa shape index (κ1) is 11.5. The molecule has 0 spiro atoms. The molecule has 4 N–H and O–H groups in total. The molecule has 0 radical (unpaired) electrons. The van der Waals surface area contributed by atoms with Gasteiger partial charge >= 0.3 is 0 Å². The lowest BCUT2D eigenvalue weighted by Gasteiger charge is -2.07. The summed E-state index contributed by atoms with van der Waals surface area (Å²) in [7, 11) is 0. The number of nitrogen functional groups attached to an aromatic ring is 2. The average molecular weight is 227 g/mol. The zero-order chi connectivity index (χ0) is 12.3. The van der Waals surface area contributed by atoms with Crippen molar-refractivity contribution in [2.75, 3.05) is 11.5 Å². The molecule has 3 heteroatoms. The molecule has 3 nitrogen and oxygen atoms in total. The molecule has 0 saturated heterocycles. The van der Waals surface area contributed by atoms with Crippen molar-refractivity contribution in [2.24, 2.45) is 0 Å². The van der Waals surface area contributed by atoms with Gasteiger partial charge in [-0.25, -0.2) is 4.98 Å². The van der Waals surface area contributed by atoms with Gasteiger partial charge in [0.1, 0.15) is 5.82 Å². The Balaban J connectivity index is 2.07. The van der Waals surface area contributed by atoms with E-state index in [-0.39, 0.29) is 0 Å². The van der Waals surface area contributed by atoms with E-state index in [1.807, 2.05) is 6.07 Å². The molecule has 0 aliphatic carbocycles. The molecule has 0 unspecified atom stereocenters. The summed E-state index contributed by atoms with van der Waals surface area (Å²) in [5, 5.41) is 0. The van der Waals surface area contributed by atoms with Gasteiger partial charge in [-0.3, -0.25) is 0 Å². The first-order valence-corrected chi connectivity index (χ1v) is 5.71. The molecule has 2 aromatic rings. The number of benzene rings is 1. The number of hydrogen-bond donors (Lipinski definition) is 2. The van der Waals surface area contributed by atoms with Crippen LogP contribution in [0.2, 0.25) is 0 Å². The van der Waals surface area contributed by atoms with Gasteiger partial charge < -0.3 is 11.5 Å². The van der Waals surface area contributed by atoms with Crippen molar-refractivity contribution in [1.29, 1.82) is 0 Å². The van der Waals surface area contributed by atoms with Crippen molar-refractivity contribution in [3.8, 4) is 0 Å². The van der Waals surface area contributed by atoms with Crippen LogP contribution in [0.15, 0.2) is 36.5 Å². The van der Waals surface area contributed by atoms with Crippen molar-refractivity contribution in [3.05, 3.63) is 53.2 Å². The predicted molar refractivity (Wildman–Crippen MR) is 71.6 cm³/mol. The van der Waals surface area contributed by atoms with E-state index in [0.29, 0.717) is 11.5 Å². The Morgan fingerprint density at radius 2 is 1.71 bits per heavy atom. The summed E-state index contributed by atoms with van der Waals surface area (Å²) in [5.41, 5.74) is 15.8. The molecule has 0 aliphatic rings. The Labute approximate surface area is 101 Å². The topological polar surface area (TPSA) is 64.9 Å². The Bertz CT molecular complexity index is 503. The van der Waals surface area contributed by atoms with Crippen LogP contribution in [0.5, 0.6) is 0 Å². The Kier molecular flexibility index (Phi) is 3.28. The van der Waals surface area contributed by atoms with E-state index in [9.17, 15) is 0 Å². The summed E-state index contributed by atoms with van der Waals surface area (Å²) in [6, 6.07) is 10.5. The number of anilines is 2. The number of pyridine rings is 1. The second-order valence-corrected chi connectivity index (χ2v) is 4.25. The van der Waals surface area contributed by atoms with E-state index in [4.69, 9.17) is 11.5 Å². The standard InChI is InChI=1S/C14H17N3/c1-10-2-4-11(5-3-10)6-7-12-8-9-17-14(16)13(12)15/h2-5,8-9H,6-7,15H2,1H3,(H2,16,17). The highest BCUT2D eigenvalue weighted by molar-refractivity contribution is 5.62. The molecule has 17 heavy (non-hydrogen) atoms. The first-order chi connectivity index (χ1) is 8.16. The van der Waals surface area contributed by atoms with Crippen LogP contribution in [0.25, 0.3) is 0 Å². The highest BCUT2D eigenvalue weighted by Crippen LogP contribution is 2.18. The Hall–Kier alpha value is -2.03. The Morgan fingerprint density at radius 1 is 1.00 bits per heavy atom. The van der Waals surface area contributed by atoms with E-state index in [2.05, 4.69) is 36.2 Å². The van der Waals surface area contributed by atoms with E-state index < -0.39 is 0 Å². The second kappa shape index (κ2) is 4.87. The third-order valence-corrected chi connectivity index (χ3v) is 2.91. The fraction of sp³-hybridized carbons (Fsp3) is 0.214. The lowest BCUT2D eigenvalue weighted by atomic mass is 10.0. The normalized spacial score (nSPS) is 10.4. The van der Waals surface area contributed by atoms with Crippen LogP contribution in [0.3, 0.4) is 0 Å². The molecule has 0 fully saturated rings. The maximum absolute atomic E-state index is 5.88. The first-order valence-electron chi connectivity index (χ1n) is 5.71. The minimum absolute atomic E-state index is 0.423. The molecule has 88 valence electrons. The molecule has 1 aromatic carbocycles. The molecule has 0 atom stereocenters. The van der Waals surface area contributed by atoms with E-state index in [1.165, 1.54) is 11.1 Å². The van der Waals surface area contributed by atoms with E-state index in [1.54, 1.807) is 6.20 Å². The number of rotatable bonds is 3. The van der Waals surface area contributed by atoms with Crippen LogP contribution in [0.1, 0.15) is 16.7 Å². The highest BCUT2D eigenvalue weighted by Gasteiger charge is 2.03. The quantitative estimate of drug-likeness (QED) is 0.845. The summed E-state index contributed by atoms with van der Waals surface area (Å²) in [6.07, 6.45) is 3.56. The van der Waals surface area contributed by atoms with Crippen molar-refractivity contribution in [3.63, 3.8) is 0 Å². The van der Waals surface area contributed by atoms with Gasteiger partial charge in [0, 0.05) is 6.20 Å². The van der Waals surface area contributed by atoms with Gasteiger partial charge in [0.05, 0.1) is 5.69 Å². The summed E-state index contributed by atoms with van der Waals surface area (Å²) < 4.78 is 0. The van der Waals surface area contributed by atoms with Crippen molar-refractivity contribution in [2.45, 2.75) is 19.8 Å². The summed E-state index contributed by atoms with van der Waals surface area (Å²) >= 11 is 0. The van der Waals surface area contributed by atoms with E-state index in [0.717, 1.165) is 18.4 Å². The van der Waals surface area contributed by atoms with Gasteiger partial charge in [-0.15, -0.1) is 0 Å². The van der Waals surface area contributed by atoms with Gasteiger partial charge in [-0.1, -0.05) is 29.8 Å². The lowest BCUT2D eigenvalue weighted by molar-refractivity contribution is 0.958. The predicted octanol–water partition coefficient (Wildman–Crippen LogP) is 2.34. The molecule has 0 aliphatic heterocycles. The van der Waals surface area contributed by atoms with Crippen LogP contribution in [-0.4, -0.2) is 4.98 Å². The Morgan fingerprint density at radius 3 is 2.41 bits per heavy atom. The zero-order valence-corrected chi connectivity index (χ0v) is 9.98. The molecule has 2 rings (SSSR count). The van der Waals surface area contributed by atoms with Crippen LogP contribution >= 0.6 is 0 Å². The van der Waals surface area contributed by atoms with Gasteiger partial charge in [-0.2, -0.15) is 0 Å². The largest absolute Gasteiger partial charge is 0.396 e. The minimum Gasteiger partial charge on any atom is -0.396 e. The molecule has 0 bridgehead atoms. The maximum Gasteiger partial charge on any atom is 0.146 e. The van der Waals surface area contributed by atoms with Gasteiger partial charge in [0.2, 0.25) is 0 Å². The van der Waals surface area contributed by atoms with Crippen molar-refractivity contribution in [1.82, 2.24) is 4.98 Å². The molecular formula is C14H17N3. The molecule has 1 heterocycles. The fourth-order valence-electron chi connectivity index (χ4n) is 1.78. The lowest BCUT2D eigenvalue weighted by Crippen LogP contribution is -2.03. The molecule has 0 saturated carbocycles. The van der Waals surface area contributed by atoms with Crippen LogP contribution < -0.4 is 11.5 Å². The van der Waals surface area contributed by atoms with Crippen molar-refractivity contribution < 1.29 is 0 Å². The highest BCUT2D eigenvalue weighted by atomic mass is 14.9. The van der Waals surface area contributed by atoms with Crippen LogP contribution in [0.4, 0.5) is 11.5 Å². The summed E-state index contributed by atoms with van der Waals surface area (Å²) in [6.45, 7) is 2.09.